The minimum atomic E-state index is 0.388. The van der Waals surface area contributed by atoms with Crippen molar-refractivity contribution in [1.29, 1.82) is 0 Å². The van der Waals surface area contributed by atoms with Gasteiger partial charge in [0.1, 0.15) is 5.65 Å². The average molecular weight is 461 g/mol. The monoisotopic (exact) mass is 460 g/mol. The molecule has 1 N–H and O–H groups in total. The third-order valence-electron chi connectivity index (χ3n) is 8.27. The van der Waals surface area contributed by atoms with E-state index in [1.165, 1.54) is 56.4 Å². The fraction of sp³-hybridized carbons (Fsp3) is 0.593. The Morgan fingerprint density at radius 2 is 1.82 bits per heavy atom. The first-order chi connectivity index (χ1) is 16.7. The van der Waals surface area contributed by atoms with Gasteiger partial charge in [0.25, 0.3) is 0 Å². The van der Waals surface area contributed by atoms with Gasteiger partial charge in [0.2, 0.25) is 5.91 Å². The van der Waals surface area contributed by atoms with E-state index in [1.54, 1.807) is 0 Å². The van der Waals surface area contributed by atoms with Crippen LogP contribution in [-0.4, -0.2) is 76.5 Å². The van der Waals surface area contributed by atoms with Gasteiger partial charge in [-0.2, -0.15) is 0 Å². The number of amides is 1. The molecule has 7 heteroatoms. The maximum atomic E-state index is 13.2. The molecule has 3 saturated heterocycles. The summed E-state index contributed by atoms with van der Waals surface area (Å²) in [5, 5.41) is 2.31. The number of H-pyrrole nitrogens is 1. The Bertz CT molecular complexity index is 1140. The van der Waals surface area contributed by atoms with Crippen LogP contribution in [0.5, 0.6) is 0 Å². The molecule has 1 atom stereocenters. The lowest BCUT2D eigenvalue weighted by Gasteiger charge is -2.37. The summed E-state index contributed by atoms with van der Waals surface area (Å²) < 4.78 is 0. The number of nitrogens with one attached hydrogen (secondary N) is 1. The molecule has 3 aliphatic rings. The van der Waals surface area contributed by atoms with E-state index in [2.05, 4.69) is 41.8 Å². The predicted molar refractivity (Wildman–Crippen MR) is 136 cm³/mol. The van der Waals surface area contributed by atoms with Crippen molar-refractivity contribution in [3.05, 3.63) is 30.7 Å². The largest absolute Gasteiger partial charge is 0.371 e. The molecule has 0 aromatic carbocycles. The number of carbonyl (C=O) groups excluding carboxylic acids is 1. The zero-order valence-electron chi connectivity index (χ0n) is 20.1. The molecule has 6 heterocycles. The van der Waals surface area contributed by atoms with Crippen molar-refractivity contribution >= 4 is 33.5 Å². The number of fused-ring (bicyclic) bond motifs is 3. The van der Waals surface area contributed by atoms with Crippen LogP contribution in [0.3, 0.4) is 0 Å². The zero-order valence-corrected chi connectivity index (χ0v) is 20.1. The molecule has 1 amide bonds. The number of pyridine rings is 2. The molecule has 0 saturated carbocycles. The molecular weight excluding hydrogens is 424 g/mol. The fourth-order valence-corrected chi connectivity index (χ4v) is 6.42. The van der Waals surface area contributed by atoms with E-state index in [1.807, 2.05) is 18.6 Å². The summed E-state index contributed by atoms with van der Waals surface area (Å²) in [5.74, 6) is 1.54. The van der Waals surface area contributed by atoms with Crippen molar-refractivity contribution in [3.8, 4) is 0 Å². The summed E-state index contributed by atoms with van der Waals surface area (Å²) >= 11 is 0. The number of aromatic amines is 1. The van der Waals surface area contributed by atoms with E-state index in [0.29, 0.717) is 24.2 Å². The topological polar surface area (TPSA) is 68.4 Å². The molecule has 180 valence electrons. The molecule has 0 spiro atoms. The van der Waals surface area contributed by atoms with Crippen molar-refractivity contribution in [1.82, 2.24) is 24.8 Å². The lowest BCUT2D eigenvalue weighted by Crippen LogP contribution is -2.44. The van der Waals surface area contributed by atoms with Gasteiger partial charge in [0, 0.05) is 68.0 Å². The van der Waals surface area contributed by atoms with Gasteiger partial charge in [-0.25, -0.2) is 4.98 Å². The number of rotatable bonds is 5. The summed E-state index contributed by atoms with van der Waals surface area (Å²) in [6.07, 6.45) is 13.7. The molecule has 34 heavy (non-hydrogen) atoms. The van der Waals surface area contributed by atoms with Crippen molar-refractivity contribution in [2.24, 2.45) is 11.8 Å². The predicted octanol–water partition coefficient (Wildman–Crippen LogP) is 4.05. The van der Waals surface area contributed by atoms with Crippen LogP contribution < -0.4 is 4.90 Å². The second-order valence-electron chi connectivity index (χ2n) is 10.6. The van der Waals surface area contributed by atoms with Crippen molar-refractivity contribution in [2.75, 3.05) is 50.7 Å². The number of aromatic nitrogens is 3. The number of nitrogens with zero attached hydrogens (tertiary/aromatic N) is 5. The molecule has 3 aliphatic heterocycles. The number of hydrogen-bond donors (Lipinski definition) is 1. The summed E-state index contributed by atoms with van der Waals surface area (Å²) in [7, 11) is 0. The van der Waals surface area contributed by atoms with Crippen LogP contribution >= 0.6 is 0 Å². The van der Waals surface area contributed by atoms with E-state index >= 15 is 0 Å². The van der Waals surface area contributed by atoms with Crippen LogP contribution in [0.1, 0.15) is 44.9 Å². The third kappa shape index (κ3) is 4.38. The second-order valence-corrected chi connectivity index (χ2v) is 10.6. The Kier molecular flexibility index (Phi) is 6.12. The van der Waals surface area contributed by atoms with E-state index < -0.39 is 0 Å². The van der Waals surface area contributed by atoms with Gasteiger partial charge in [-0.1, -0.05) is 0 Å². The average Bonchev–Trinajstić information content (AvgIpc) is 3.56. The van der Waals surface area contributed by atoms with Crippen LogP contribution in [0.2, 0.25) is 0 Å². The molecular formula is C27H36N6O. The van der Waals surface area contributed by atoms with Gasteiger partial charge in [0.15, 0.2) is 0 Å². The van der Waals surface area contributed by atoms with Crippen molar-refractivity contribution in [3.63, 3.8) is 0 Å². The lowest BCUT2D eigenvalue weighted by molar-refractivity contribution is -0.134. The summed E-state index contributed by atoms with van der Waals surface area (Å²) in [5.41, 5.74) is 3.09. The van der Waals surface area contributed by atoms with Crippen LogP contribution in [0, 0.1) is 11.8 Å². The molecule has 1 unspecified atom stereocenters. The Hall–Kier alpha value is -2.67. The van der Waals surface area contributed by atoms with Gasteiger partial charge in [-0.15, -0.1) is 0 Å². The number of hydrogen-bond acceptors (Lipinski definition) is 5. The summed E-state index contributed by atoms with van der Waals surface area (Å²) in [4.78, 5) is 32.7. The molecule has 6 rings (SSSR count). The highest BCUT2D eigenvalue weighted by atomic mass is 16.2. The van der Waals surface area contributed by atoms with Crippen LogP contribution in [-0.2, 0) is 4.79 Å². The highest BCUT2D eigenvalue weighted by Gasteiger charge is 2.29. The quantitative estimate of drug-likeness (QED) is 0.622. The van der Waals surface area contributed by atoms with Gasteiger partial charge in [0.05, 0.1) is 11.7 Å². The Morgan fingerprint density at radius 3 is 2.68 bits per heavy atom. The number of carbonyl (C=O) groups is 1. The van der Waals surface area contributed by atoms with Crippen LogP contribution in [0.25, 0.3) is 21.9 Å². The van der Waals surface area contributed by atoms with Gasteiger partial charge in [-0.05, 0) is 75.6 Å². The van der Waals surface area contributed by atoms with Gasteiger partial charge >= 0.3 is 0 Å². The summed E-state index contributed by atoms with van der Waals surface area (Å²) in [6, 6.07) is 4.23. The first-order valence-corrected chi connectivity index (χ1v) is 13.2. The van der Waals surface area contributed by atoms with Crippen LogP contribution in [0.4, 0.5) is 5.69 Å². The normalized spacial score (nSPS) is 22.8. The minimum Gasteiger partial charge on any atom is -0.371 e. The van der Waals surface area contributed by atoms with E-state index in [0.717, 1.165) is 55.6 Å². The molecule has 3 aromatic heterocycles. The Morgan fingerprint density at radius 1 is 0.971 bits per heavy atom. The van der Waals surface area contributed by atoms with E-state index in [4.69, 9.17) is 0 Å². The Labute approximate surface area is 201 Å². The minimum absolute atomic E-state index is 0.388. The SMILES string of the molecule is O=C(CC1CCN(c2ccnc3cnc4[nH]ccc4c23)CC1)N1CCCC(CN2CCCC2)C1. The second kappa shape index (κ2) is 9.53. The number of likely N-dealkylation sites (tertiary alicyclic amines) is 2. The first-order valence-electron chi connectivity index (χ1n) is 13.2. The van der Waals surface area contributed by atoms with Gasteiger partial charge < -0.3 is 19.7 Å². The molecule has 7 nitrogen and oxygen atoms in total. The lowest BCUT2D eigenvalue weighted by atomic mass is 9.91. The molecule has 0 radical (unpaired) electrons. The number of anilines is 1. The van der Waals surface area contributed by atoms with Crippen molar-refractivity contribution in [2.45, 2.75) is 44.9 Å². The standard InChI is InChI=1S/C27H36N6O/c34-25(33-13-3-4-21(19-33)18-31-11-1-2-12-31)16-20-7-14-32(15-8-20)24-6-10-28-23-17-30-27-22(26(23)24)5-9-29-27/h5-6,9-10,17,20-21H,1-4,7-8,11-16,18-19H2,(H,29,30). The molecule has 3 fully saturated rings. The molecule has 3 aromatic rings. The Balaban J connectivity index is 1.07. The summed E-state index contributed by atoms with van der Waals surface area (Å²) in [6.45, 7) is 7.59. The third-order valence-corrected chi connectivity index (χ3v) is 8.27. The maximum Gasteiger partial charge on any atom is 0.222 e. The zero-order chi connectivity index (χ0) is 22.9. The highest BCUT2D eigenvalue weighted by molar-refractivity contribution is 6.09. The maximum absolute atomic E-state index is 13.2. The van der Waals surface area contributed by atoms with Crippen molar-refractivity contribution < 1.29 is 4.79 Å². The molecule has 0 aliphatic carbocycles. The van der Waals surface area contributed by atoms with E-state index in [-0.39, 0.29) is 0 Å². The first kappa shape index (κ1) is 21.8. The highest BCUT2D eigenvalue weighted by Crippen LogP contribution is 2.34. The number of piperidine rings is 2. The smallest absolute Gasteiger partial charge is 0.222 e. The fourth-order valence-electron chi connectivity index (χ4n) is 6.42. The molecule has 0 bridgehead atoms. The van der Waals surface area contributed by atoms with Crippen LogP contribution in [0.15, 0.2) is 30.7 Å². The van der Waals surface area contributed by atoms with Gasteiger partial charge in [-0.3, -0.25) is 9.78 Å². The van der Waals surface area contributed by atoms with E-state index in [9.17, 15) is 4.79 Å².